The van der Waals surface area contributed by atoms with Crippen LogP contribution in [0.1, 0.15) is 43.9 Å². The Bertz CT molecular complexity index is 540. The number of nitrogens with one attached hydrogen (secondary N) is 3. The molecule has 3 heterocycles. The Morgan fingerprint density at radius 1 is 1.33 bits per heavy atom. The van der Waals surface area contributed by atoms with Crippen molar-refractivity contribution < 1.29 is 14.0 Å². The molecule has 0 spiro atoms. The maximum absolute atomic E-state index is 12.2. The molecule has 3 rings (SSSR count). The summed E-state index contributed by atoms with van der Waals surface area (Å²) < 4.78 is 5.55. The largest absolute Gasteiger partial charge is 0.468 e. The van der Waals surface area contributed by atoms with Gasteiger partial charge in [0.05, 0.1) is 12.3 Å². The molecule has 7 nitrogen and oxygen atoms in total. The molecule has 0 bridgehead atoms. The van der Waals surface area contributed by atoms with Gasteiger partial charge in [-0.1, -0.05) is 0 Å². The minimum atomic E-state index is -0.443. The Morgan fingerprint density at radius 3 is 2.92 bits per heavy atom. The molecule has 0 saturated carbocycles. The summed E-state index contributed by atoms with van der Waals surface area (Å²) in [5.41, 5.74) is 0. The van der Waals surface area contributed by atoms with Crippen molar-refractivity contribution in [2.45, 2.75) is 44.2 Å². The van der Waals surface area contributed by atoms with E-state index in [9.17, 15) is 9.59 Å². The number of nitrogens with zero attached hydrogens (tertiary/aromatic N) is 1. The molecule has 2 aliphatic rings. The number of likely N-dealkylation sites (tertiary alicyclic amines) is 1. The first-order valence-corrected chi connectivity index (χ1v) is 8.83. The van der Waals surface area contributed by atoms with Crippen molar-refractivity contribution in [3.63, 3.8) is 0 Å². The lowest BCUT2D eigenvalue weighted by Crippen LogP contribution is -2.50. The first-order valence-electron chi connectivity index (χ1n) is 8.83. The van der Waals surface area contributed by atoms with Crippen LogP contribution >= 0.6 is 0 Å². The fourth-order valence-electron chi connectivity index (χ4n) is 3.42. The van der Waals surface area contributed by atoms with Gasteiger partial charge in [0.1, 0.15) is 11.8 Å². The molecule has 3 amide bonds. The molecule has 132 valence electrons. The van der Waals surface area contributed by atoms with E-state index in [0.717, 1.165) is 31.7 Å². The zero-order chi connectivity index (χ0) is 16.8. The molecule has 2 aliphatic heterocycles. The van der Waals surface area contributed by atoms with Gasteiger partial charge < -0.3 is 20.4 Å². The molecule has 2 atom stereocenters. The number of hydrogen-bond donors (Lipinski definition) is 3. The quantitative estimate of drug-likeness (QED) is 0.759. The predicted molar refractivity (Wildman–Crippen MR) is 89.4 cm³/mol. The maximum Gasteiger partial charge on any atom is 0.315 e. The van der Waals surface area contributed by atoms with Crippen LogP contribution < -0.4 is 16.0 Å². The van der Waals surface area contributed by atoms with Crippen LogP contribution in [0.3, 0.4) is 0 Å². The lowest BCUT2D eigenvalue weighted by Gasteiger charge is -2.26. The summed E-state index contributed by atoms with van der Waals surface area (Å²) in [4.78, 5) is 26.4. The first kappa shape index (κ1) is 16.8. The second-order valence-corrected chi connectivity index (χ2v) is 6.47. The summed E-state index contributed by atoms with van der Waals surface area (Å²) in [6.45, 7) is 3.18. The van der Waals surface area contributed by atoms with Crippen LogP contribution in [0.2, 0.25) is 0 Å². The third-order valence-electron chi connectivity index (χ3n) is 4.75. The van der Waals surface area contributed by atoms with E-state index in [0.29, 0.717) is 19.5 Å². The van der Waals surface area contributed by atoms with Crippen LogP contribution in [-0.4, -0.2) is 49.1 Å². The van der Waals surface area contributed by atoms with E-state index in [4.69, 9.17) is 4.42 Å². The minimum Gasteiger partial charge on any atom is -0.468 e. The summed E-state index contributed by atoms with van der Waals surface area (Å²) in [6.07, 6.45) is 6.59. The highest BCUT2D eigenvalue weighted by atomic mass is 16.3. The number of furan rings is 1. The third-order valence-corrected chi connectivity index (χ3v) is 4.75. The van der Waals surface area contributed by atoms with Crippen molar-refractivity contribution in [1.29, 1.82) is 0 Å². The molecule has 0 radical (unpaired) electrons. The summed E-state index contributed by atoms with van der Waals surface area (Å²) in [7, 11) is 0. The summed E-state index contributed by atoms with van der Waals surface area (Å²) >= 11 is 0. The number of rotatable bonds is 5. The van der Waals surface area contributed by atoms with Gasteiger partial charge in [-0.25, -0.2) is 4.79 Å². The van der Waals surface area contributed by atoms with Crippen LogP contribution in [0.5, 0.6) is 0 Å². The number of amides is 3. The van der Waals surface area contributed by atoms with E-state index < -0.39 is 6.04 Å². The van der Waals surface area contributed by atoms with Gasteiger partial charge in [0, 0.05) is 13.1 Å². The molecule has 2 saturated heterocycles. The van der Waals surface area contributed by atoms with Crippen molar-refractivity contribution in [2.24, 2.45) is 0 Å². The summed E-state index contributed by atoms with van der Waals surface area (Å²) in [5.74, 6) is 0.772. The van der Waals surface area contributed by atoms with Gasteiger partial charge in [0.15, 0.2) is 0 Å². The number of urea groups is 1. The molecule has 0 aromatic carbocycles. The van der Waals surface area contributed by atoms with E-state index in [1.807, 2.05) is 12.1 Å². The third kappa shape index (κ3) is 4.29. The van der Waals surface area contributed by atoms with Crippen LogP contribution in [0, 0.1) is 0 Å². The minimum absolute atomic E-state index is 0.0382. The molecular formula is C17H26N4O3. The van der Waals surface area contributed by atoms with Gasteiger partial charge >= 0.3 is 6.03 Å². The maximum atomic E-state index is 12.2. The lowest BCUT2D eigenvalue weighted by molar-refractivity contribution is -0.122. The van der Waals surface area contributed by atoms with E-state index >= 15 is 0 Å². The van der Waals surface area contributed by atoms with E-state index in [2.05, 4.69) is 20.9 Å². The van der Waals surface area contributed by atoms with Gasteiger partial charge in [-0.3, -0.25) is 9.69 Å². The van der Waals surface area contributed by atoms with Gasteiger partial charge in [0.2, 0.25) is 5.91 Å². The highest BCUT2D eigenvalue weighted by Crippen LogP contribution is 2.24. The Hall–Kier alpha value is -2.02. The van der Waals surface area contributed by atoms with Crippen molar-refractivity contribution in [3.8, 4) is 0 Å². The monoisotopic (exact) mass is 334 g/mol. The molecule has 7 heteroatoms. The van der Waals surface area contributed by atoms with Crippen LogP contribution in [0.25, 0.3) is 0 Å². The molecule has 24 heavy (non-hydrogen) atoms. The topological polar surface area (TPSA) is 86.6 Å². The Morgan fingerprint density at radius 2 is 2.17 bits per heavy atom. The van der Waals surface area contributed by atoms with Crippen LogP contribution in [0.4, 0.5) is 4.79 Å². The predicted octanol–water partition coefficient (Wildman–Crippen LogP) is 1.38. The van der Waals surface area contributed by atoms with Crippen LogP contribution in [0.15, 0.2) is 22.8 Å². The van der Waals surface area contributed by atoms with Crippen molar-refractivity contribution >= 4 is 11.9 Å². The summed E-state index contributed by atoms with van der Waals surface area (Å²) in [5, 5.41) is 8.52. The highest BCUT2D eigenvalue weighted by molar-refractivity contribution is 5.87. The molecule has 0 unspecified atom stereocenters. The standard InChI is InChI=1S/C17H26N4O3/c22-16-13(6-1-2-8-18-16)20-17(23)19-12-14(15-7-5-11-24-15)21-9-3-4-10-21/h5,7,11,13-14H,1-4,6,8-10,12H2,(H,18,22)(H2,19,20,23)/t13-,14+/m1/s1. The molecule has 1 aromatic rings. The smallest absolute Gasteiger partial charge is 0.315 e. The zero-order valence-electron chi connectivity index (χ0n) is 13.9. The fraction of sp³-hybridized carbons (Fsp3) is 0.647. The van der Waals surface area contributed by atoms with E-state index in [1.54, 1.807) is 6.26 Å². The Balaban J connectivity index is 1.53. The molecular weight excluding hydrogens is 308 g/mol. The summed E-state index contributed by atoms with van der Waals surface area (Å²) in [6, 6.07) is 3.11. The normalized spacial score (nSPS) is 23.3. The molecule has 3 N–H and O–H groups in total. The van der Waals surface area contributed by atoms with Gasteiger partial charge in [-0.2, -0.15) is 0 Å². The molecule has 1 aromatic heterocycles. The zero-order valence-corrected chi connectivity index (χ0v) is 13.9. The number of carbonyl (C=O) groups excluding carboxylic acids is 2. The fourth-order valence-corrected chi connectivity index (χ4v) is 3.42. The first-order chi connectivity index (χ1) is 11.7. The van der Waals surface area contributed by atoms with Crippen molar-refractivity contribution in [2.75, 3.05) is 26.2 Å². The van der Waals surface area contributed by atoms with Gasteiger partial charge in [0.25, 0.3) is 0 Å². The van der Waals surface area contributed by atoms with Crippen molar-refractivity contribution in [3.05, 3.63) is 24.2 Å². The van der Waals surface area contributed by atoms with E-state index in [1.165, 1.54) is 12.8 Å². The van der Waals surface area contributed by atoms with Gasteiger partial charge in [-0.15, -0.1) is 0 Å². The Kier molecular flexibility index (Phi) is 5.74. The average Bonchev–Trinajstić information content (AvgIpc) is 3.24. The Labute approximate surface area is 142 Å². The average molecular weight is 334 g/mol. The van der Waals surface area contributed by atoms with Gasteiger partial charge in [-0.05, 0) is 57.3 Å². The van der Waals surface area contributed by atoms with Crippen LogP contribution in [-0.2, 0) is 4.79 Å². The van der Waals surface area contributed by atoms with E-state index in [-0.39, 0.29) is 18.0 Å². The second-order valence-electron chi connectivity index (χ2n) is 6.47. The number of hydrogen-bond acceptors (Lipinski definition) is 4. The van der Waals surface area contributed by atoms with Crippen molar-refractivity contribution in [1.82, 2.24) is 20.9 Å². The second kappa shape index (κ2) is 8.19. The lowest BCUT2D eigenvalue weighted by atomic mass is 10.1. The highest BCUT2D eigenvalue weighted by Gasteiger charge is 2.27. The molecule has 0 aliphatic carbocycles. The molecule has 2 fully saturated rings. The SMILES string of the molecule is O=C(NC[C@@H](c1ccco1)N1CCCC1)N[C@@H]1CCCCNC1=O. The number of carbonyl (C=O) groups is 2.